The van der Waals surface area contributed by atoms with Crippen LogP contribution in [0.4, 0.5) is 0 Å². The topological polar surface area (TPSA) is 107 Å². The van der Waals surface area contributed by atoms with Crippen LogP contribution >= 0.6 is 11.6 Å². The number of hydrogen-bond acceptors (Lipinski definition) is 6. The smallest absolute Gasteiger partial charge is 0.202 e. The lowest BCUT2D eigenvalue weighted by atomic mass is 10.4. The average Bonchev–Trinajstić information content (AvgIpc) is 3.38. The monoisotopic (exact) mass is 368 g/mol. The quantitative estimate of drug-likeness (QED) is 0.520. The summed E-state index contributed by atoms with van der Waals surface area (Å²) in [6, 6.07) is 1.86. The molecule has 0 radical (unpaired) electrons. The number of H-pyrrole nitrogens is 1. The van der Waals surface area contributed by atoms with Crippen molar-refractivity contribution in [3.8, 4) is 11.5 Å². The molecule has 0 aromatic carbocycles. The van der Waals surface area contributed by atoms with E-state index >= 15 is 0 Å². The molecule has 5 heterocycles. The minimum atomic E-state index is 0.459. The Morgan fingerprint density at radius 1 is 1.19 bits per heavy atom. The van der Waals surface area contributed by atoms with Gasteiger partial charge in [-0.3, -0.25) is 9.78 Å². The van der Waals surface area contributed by atoms with Gasteiger partial charge >= 0.3 is 0 Å². The molecule has 0 saturated carbocycles. The molecule has 0 unspecified atom stereocenters. The molecule has 0 aliphatic heterocycles. The number of hydrogen-bond donors (Lipinski definition) is 1. The summed E-state index contributed by atoms with van der Waals surface area (Å²) >= 11 is 6.20. The van der Waals surface area contributed by atoms with Crippen LogP contribution in [0.15, 0.2) is 24.8 Å². The number of halogens is 1. The Hall–Kier alpha value is -3.27. The second-order valence-corrected chi connectivity index (χ2v) is 6.32. The predicted octanol–water partition coefficient (Wildman–Crippen LogP) is 1.84. The van der Waals surface area contributed by atoms with Crippen molar-refractivity contribution in [3.05, 3.63) is 41.2 Å². The standard InChI is InChI=1S/C15H13ClN10/c1-8-12(16)9(2)26(21-8)7-24-4-3-11(22-24)14-19-15-10-5-18-20-13(10)17-6-25(15)23-14/h3-6H,7H2,1-2H3,(H,18,20). The lowest BCUT2D eigenvalue weighted by Crippen LogP contribution is -2.11. The van der Waals surface area contributed by atoms with Crippen LogP contribution in [0.5, 0.6) is 0 Å². The molecule has 5 rings (SSSR count). The Morgan fingerprint density at radius 3 is 2.88 bits per heavy atom. The second-order valence-electron chi connectivity index (χ2n) is 5.95. The Balaban J connectivity index is 1.51. The average molecular weight is 369 g/mol. The Labute approximate surface area is 151 Å². The first kappa shape index (κ1) is 15.0. The molecule has 0 aliphatic carbocycles. The molecule has 5 aromatic rings. The van der Waals surface area contributed by atoms with Crippen LogP contribution in [-0.2, 0) is 6.67 Å². The van der Waals surface area contributed by atoms with Crippen LogP contribution in [0.2, 0.25) is 5.02 Å². The van der Waals surface area contributed by atoms with Crippen molar-refractivity contribution in [2.45, 2.75) is 20.5 Å². The van der Waals surface area contributed by atoms with Gasteiger partial charge in [0.15, 0.2) is 11.3 Å². The van der Waals surface area contributed by atoms with Gasteiger partial charge < -0.3 is 0 Å². The highest BCUT2D eigenvalue weighted by atomic mass is 35.5. The number of aromatic nitrogens is 10. The van der Waals surface area contributed by atoms with Gasteiger partial charge in [0.2, 0.25) is 5.82 Å². The van der Waals surface area contributed by atoms with Crippen LogP contribution in [0, 0.1) is 13.8 Å². The molecular formula is C15H13ClN10. The molecular weight excluding hydrogens is 356 g/mol. The first-order chi connectivity index (χ1) is 12.6. The summed E-state index contributed by atoms with van der Waals surface area (Å²) in [5.74, 6) is 0.519. The normalized spacial score (nSPS) is 11.8. The third kappa shape index (κ3) is 2.19. The molecule has 0 amide bonds. The Morgan fingerprint density at radius 2 is 2.08 bits per heavy atom. The Bertz CT molecular complexity index is 1260. The van der Waals surface area contributed by atoms with Crippen molar-refractivity contribution in [3.63, 3.8) is 0 Å². The number of nitrogens with zero attached hydrogens (tertiary/aromatic N) is 9. The number of aromatic amines is 1. The van der Waals surface area contributed by atoms with Crippen LogP contribution in [0.3, 0.4) is 0 Å². The van der Waals surface area contributed by atoms with Crippen molar-refractivity contribution >= 4 is 28.3 Å². The maximum Gasteiger partial charge on any atom is 0.202 e. The zero-order valence-electron chi connectivity index (χ0n) is 13.9. The van der Waals surface area contributed by atoms with E-state index in [4.69, 9.17) is 11.6 Å². The summed E-state index contributed by atoms with van der Waals surface area (Å²) in [6.45, 7) is 4.27. The molecule has 0 saturated heterocycles. The largest absolute Gasteiger partial charge is 0.261 e. The van der Waals surface area contributed by atoms with E-state index in [2.05, 4.69) is 35.5 Å². The fourth-order valence-electron chi connectivity index (χ4n) is 2.86. The minimum Gasteiger partial charge on any atom is -0.261 e. The van der Waals surface area contributed by atoms with E-state index in [1.807, 2.05) is 30.8 Å². The minimum absolute atomic E-state index is 0.459. The molecule has 1 N–H and O–H groups in total. The van der Waals surface area contributed by atoms with Crippen molar-refractivity contribution in [1.29, 1.82) is 0 Å². The van der Waals surface area contributed by atoms with E-state index in [0.29, 0.717) is 34.5 Å². The predicted molar refractivity (Wildman–Crippen MR) is 93.8 cm³/mol. The molecule has 10 nitrogen and oxygen atoms in total. The van der Waals surface area contributed by atoms with Gasteiger partial charge in [0, 0.05) is 6.20 Å². The van der Waals surface area contributed by atoms with Crippen LogP contribution < -0.4 is 0 Å². The van der Waals surface area contributed by atoms with E-state index in [0.717, 1.165) is 16.8 Å². The van der Waals surface area contributed by atoms with Crippen molar-refractivity contribution in [2.75, 3.05) is 0 Å². The second kappa shape index (κ2) is 5.36. The van der Waals surface area contributed by atoms with Crippen LogP contribution in [0.25, 0.3) is 28.2 Å². The van der Waals surface area contributed by atoms with Gasteiger partial charge in [0.1, 0.15) is 18.7 Å². The first-order valence-corrected chi connectivity index (χ1v) is 8.26. The summed E-state index contributed by atoms with van der Waals surface area (Å²) in [5, 5.41) is 21.7. The maximum absolute atomic E-state index is 6.20. The molecule has 0 spiro atoms. The molecule has 26 heavy (non-hydrogen) atoms. The lowest BCUT2D eigenvalue weighted by Gasteiger charge is -2.04. The van der Waals surface area contributed by atoms with Gasteiger partial charge in [-0.1, -0.05) is 11.6 Å². The number of aryl methyl sites for hydroxylation is 1. The van der Waals surface area contributed by atoms with Gasteiger partial charge in [-0.05, 0) is 19.9 Å². The molecule has 11 heteroatoms. The van der Waals surface area contributed by atoms with Gasteiger partial charge in [-0.2, -0.15) is 15.3 Å². The molecule has 5 aromatic heterocycles. The zero-order chi connectivity index (χ0) is 17.8. The van der Waals surface area contributed by atoms with Gasteiger partial charge in [-0.25, -0.2) is 19.2 Å². The number of nitrogens with one attached hydrogen (secondary N) is 1. The third-order valence-corrected chi connectivity index (χ3v) is 4.78. The highest BCUT2D eigenvalue weighted by molar-refractivity contribution is 6.31. The molecule has 0 aliphatic rings. The van der Waals surface area contributed by atoms with Crippen molar-refractivity contribution < 1.29 is 0 Å². The highest BCUT2D eigenvalue weighted by Gasteiger charge is 2.14. The third-order valence-electron chi connectivity index (χ3n) is 4.23. The number of rotatable bonds is 3. The fraction of sp³-hybridized carbons (Fsp3) is 0.200. The highest BCUT2D eigenvalue weighted by Crippen LogP contribution is 2.20. The van der Waals surface area contributed by atoms with E-state index in [-0.39, 0.29) is 0 Å². The summed E-state index contributed by atoms with van der Waals surface area (Å²) in [7, 11) is 0. The van der Waals surface area contributed by atoms with Gasteiger partial charge in [-0.15, -0.1) is 5.10 Å². The molecule has 130 valence electrons. The van der Waals surface area contributed by atoms with Crippen LogP contribution in [0.1, 0.15) is 11.4 Å². The Kier molecular flexibility index (Phi) is 3.10. The number of fused-ring (bicyclic) bond motifs is 3. The SMILES string of the molecule is Cc1nn(Cn2ccc(-c3nc4c5cn[nH]c5ncn4n3)n2)c(C)c1Cl. The molecule has 0 fully saturated rings. The molecule has 0 bridgehead atoms. The molecule has 0 atom stereocenters. The summed E-state index contributed by atoms with van der Waals surface area (Å²) in [6.07, 6.45) is 5.14. The lowest BCUT2D eigenvalue weighted by molar-refractivity contribution is 0.492. The van der Waals surface area contributed by atoms with E-state index in [9.17, 15) is 0 Å². The zero-order valence-corrected chi connectivity index (χ0v) is 14.7. The summed E-state index contributed by atoms with van der Waals surface area (Å²) in [4.78, 5) is 8.82. The van der Waals surface area contributed by atoms with E-state index < -0.39 is 0 Å². The summed E-state index contributed by atoms with van der Waals surface area (Å²) in [5.41, 5.74) is 3.72. The fourth-order valence-corrected chi connectivity index (χ4v) is 2.99. The van der Waals surface area contributed by atoms with E-state index in [1.54, 1.807) is 21.7 Å². The van der Waals surface area contributed by atoms with Crippen molar-refractivity contribution in [1.82, 2.24) is 49.3 Å². The van der Waals surface area contributed by atoms with Gasteiger partial charge in [0.05, 0.1) is 28.0 Å². The summed E-state index contributed by atoms with van der Waals surface area (Å²) < 4.78 is 5.19. The first-order valence-electron chi connectivity index (χ1n) is 7.88. The van der Waals surface area contributed by atoms with E-state index in [1.165, 1.54) is 0 Å². The van der Waals surface area contributed by atoms with Crippen LogP contribution in [-0.4, -0.2) is 49.3 Å². The maximum atomic E-state index is 6.20. The van der Waals surface area contributed by atoms with Gasteiger partial charge in [0.25, 0.3) is 0 Å². The van der Waals surface area contributed by atoms with Crippen molar-refractivity contribution in [2.24, 2.45) is 0 Å².